The number of alkyl halides is 3. The summed E-state index contributed by atoms with van der Waals surface area (Å²) in [6.45, 7) is 13.7. The van der Waals surface area contributed by atoms with Crippen molar-refractivity contribution in [3.05, 3.63) is 211 Å². The van der Waals surface area contributed by atoms with Gasteiger partial charge in [0, 0.05) is 15.1 Å². The van der Waals surface area contributed by atoms with Crippen LogP contribution in [0.5, 0.6) is 0 Å². The van der Waals surface area contributed by atoms with Gasteiger partial charge in [-0.3, -0.25) is 0 Å². The molecule has 0 unspecified atom stereocenters. The van der Waals surface area contributed by atoms with E-state index < -0.39 is 11.7 Å². The minimum absolute atomic E-state index is 0.132. The zero-order valence-corrected chi connectivity index (χ0v) is 36.5. The molecule has 0 heterocycles. The Morgan fingerprint density at radius 2 is 0.930 bits per heavy atom. The first-order chi connectivity index (χ1) is 27.0. The van der Waals surface area contributed by atoms with Crippen molar-refractivity contribution in [2.75, 3.05) is 0 Å². The second-order valence-electron chi connectivity index (χ2n) is 13.8. The van der Waals surface area contributed by atoms with E-state index in [9.17, 15) is 17.6 Å². The molecule has 306 valence electrons. The summed E-state index contributed by atoms with van der Waals surface area (Å²) >= 11 is 17.0. The van der Waals surface area contributed by atoms with Gasteiger partial charge >= 0.3 is 6.18 Å². The highest BCUT2D eigenvalue weighted by Crippen LogP contribution is 2.31. The second-order valence-corrected chi connectivity index (χ2v) is 15.1. The molecule has 0 spiro atoms. The second kappa shape index (κ2) is 29.2. The molecule has 0 saturated heterocycles. The van der Waals surface area contributed by atoms with Gasteiger partial charge in [0.1, 0.15) is 5.82 Å². The van der Waals surface area contributed by atoms with Crippen molar-refractivity contribution in [3.8, 4) is 0 Å². The lowest BCUT2D eigenvalue weighted by Crippen LogP contribution is -2.06. The van der Waals surface area contributed by atoms with Gasteiger partial charge < -0.3 is 0 Å². The summed E-state index contributed by atoms with van der Waals surface area (Å²) in [5.41, 5.74) is 5.32. The Balaban J connectivity index is 0.000000334. The van der Waals surface area contributed by atoms with Crippen molar-refractivity contribution < 1.29 is 17.6 Å². The third-order valence-corrected chi connectivity index (χ3v) is 9.34. The molecule has 7 rings (SSSR count). The monoisotopic (exact) mass is 838 g/mol. The van der Waals surface area contributed by atoms with Gasteiger partial charge in [0.2, 0.25) is 0 Å². The van der Waals surface area contributed by atoms with Crippen molar-refractivity contribution in [1.29, 1.82) is 0 Å². The molecule has 1 aliphatic carbocycles. The lowest BCUT2D eigenvalue weighted by Gasteiger charge is -2.15. The molecule has 0 aliphatic heterocycles. The molecule has 57 heavy (non-hydrogen) atoms. The molecule has 0 aromatic heterocycles. The number of hydrogen-bond donors (Lipinski definition) is 0. The van der Waals surface area contributed by atoms with Crippen molar-refractivity contribution in [1.82, 2.24) is 0 Å². The van der Waals surface area contributed by atoms with Gasteiger partial charge in [-0.05, 0) is 112 Å². The lowest BCUT2D eigenvalue weighted by molar-refractivity contribution is -0.138. The van der Waals surface area contributed by atoms with Crippen LogP contribution in [0.2, 0.25) is 15.1 Å². The van der Waals surface area contributed by atoms with Crippen LogP contribution in [0.4, 0.5) is 17.6 Å². The Morgan fingerprint density at radius 3 is 1.25 bits per heavy atom. The average Bonchev–Trinajstić information content (AvgIpc) is 3.17. The molecular formula is C50H57Cl3F4. The van der Waals surface area contributed by atoms with Crippen molar-refractivity contribution in [2.45, 2.75) is 86.7 Å². The van der Waals surface area contributed by atoms with Gasteiger partial charge in [-0.1, -0.05) is 194 Å². The Labute approximate surface area is 354 Å². The van der Waals surface area contributed by atoms with Crippen LogP contribution >= 0.6 is 34.8 Å². The standard InChI is InChI=1S/C8H7F3.3C7H7Cl.C7H7F.C7H14.C7H8/c1-6-4-2-3-5-7(6)8(9,10)11;1-6-2-4-7(8)5-3-6;1-6-3-2-4-7(8)5-6;2*1-6-4-2-3-5-7(6)8;2*1-7-5-3-2-4-6-7/h2-5H,1H3;4*2-5H,1H3;7H,2-6H2,1H3;2-6H,1H3. The van der Waals surface area contributed by atoms with Crippen molar-refractivity contribution in [2.24, 2.45) is 5.92 Å². The molecule has 1 saturated carbocycles. The van der Waals surface area contributed by atoms with Crippen LogP contribution < -0.4 is 0 Å². The third kappa shape index (κ3) is 25.7. The van der Waals surface area contributed by atoms with E-state index in [0.717, 1.165) is 32.6 Å². The fourth-order valence-electron chi connectivity index (χ4n) is 4.97. The van der Waals surface area contributed by atoms with Gasteiger partial charge in [0.15, 0.2) is 0 Å². The number of benzene rings is 6. The van der Waals surface area contributed by atoms with Crippen LogP contribution in [0, 0.1) is 53.3 Å². The number of hydrogen-bond acceptors (Lipinski definition) is 0. The third-order valence-electron chi connectivity index (χ3n) is 8.43. The molecule has 0 N–H and O–H groups in total. The van der Waals surface area contributed by atoms with Gasteiger partial charge in [-0.2, -0.15) is 13.2 Å². The normalized spacial score (nSPS) is 11.6. The number of aryl methyl sites for hydroxylation is 6. The van der Waals surface area contributed by atoms with Gasteiger partial charge in [0.25, 0.3) is 0 Å². The molecule has 7 heteroatoms. The van der Waals surface area contributed by atoms with Gasteiger partial charge in [0.05, 0.1) is 5.56 Å². The van der Waals surface area contributed by atoms with Crippen molar-refractivity contribution >= 4 is 34.8 Å². The minimum atomic E-state index is -4.22. The van der Waals surface area contributed by atoms with E-state index >= 15 is 0 Å². The summed E-state index contributed by atoms with van der Waals surface area (Å²) in [7, 11) is 0. The molecule has 1 aliphatic rings. The fraction of sp³-hybridized carbons (Fsp3) is 0.280. The van der Waals surface area contributed by atoms with Crippen LogP contribution in [-0.2, 0) is 6.18 Å². The van der Waals surface area contributed by atoms with E-state index in [2.05, 4.69) is 26.0 Å². The molecule has 0 nitrogen and oxygen atoms in total. The summed E-state index contributed by atoms with van der Waals surface area (Å²) in [6, 6.07) is 45.7. The molecule has 6 aromatic rings. The summed E-state index contributed by atoms with van der Waals surface area (Å²) < 4.78 is 48.5. The summed E-state index contributed by atoms with van der Waals surface area (Å²) in [5, 5.41) is 2.45. The minimum Gasteiger partial charge on any atom is -0.207 e. The van der Waals surface area contributed by atoms with Crippen LogP contribution in [0.15, 0.2) is 152 Å². The highest BCUT2D eigenvalue weighted by molar-refractivity contribution is 6.31. The smallest absolute Gasteiger partial charge is 0.207 e. The van der Waals surface area contributed by atoms with E-state index in [-0.39, 0.29) is 11.4 Å². The van der Waals surface area contributed by atoms with E-state index in [4.69, 9.17) is 34.8 Å². The lowest BCUT2D eigenvalue weighted by atomic mass is 9.91. The number of halogens is 7. The molecule has 0 radical (unpaired) electrons. The van der Waals surface area contributed by atoms with E-state index in [1.54, 1.807) is 25.1 Å². The molecule has 0 amide bonds. The maximum atomic E-state index is 12.3. The molecule has 0 atom stereocenters. The molecule has 6 aromatic carbocycles. The highest BCUT2D eigenvalue weighted by atomic mass is 35.5. The van der Waals surface area contributed by atoms with Crippen LogP contribution in [0.25, 0.3) is 0 Å². The number of rotatable bonds is 0. The Bertz CT molecular complexity index is 1790. The first-order valence-corrected chi connectivity index (χ1v) is 20.1. The van der Waals surface area contributed by atoms with E-state index in [1.807, 2.05) is 118 Å². The molecular weight excluding hydrogens is 783 g/mol. The van der Waals surface area contributed by atoms with Gasteiger partial charge in [-0.25, -0.2) is 4.39 Å². The zero-order chi connectivity index (χ0) is 42.6. The van der Waals surface area contributed by atoms with Gasteiger partial charge in [-0.15, -0.1) is 0 Å². The van der Waals surface area contributed by atoms with Crippen LogP contribution in [0.3, 0.4) is 0 Å². The van der Waals surface area contributed by atoms with E-state index in [1.165, 1.54) is 73.9 Å². The largest absolute Gasteiger partial charge is 0.416 e. The maximum Gasteiger partial charge on any atom is 0.416 e. The SMILES string of the molecule is CC1CCCCC1.Cc1ccc(Cl)cc1.Cc1cccc(Cl)c1.Cc1ccccc1.Cc1ccccc1C(F)(F)F.Cc1ccccc1Cl.Cc1ccccc1F. The Hall–Kier alpha value is -4.09. The predicted octanol–water partition coefficient (Wildman–Crippen LogP) is 17.7. The zero-order valence-electron chi connectivity index (χ0n) is 34.2. The van der Waals surface area contributed by atoms with Crippen LogP contribution in [0.1, 0.15) is 78.0 Å². The highest BCUT2D eigenvalue weighted by Gasteiger charge is 2.31. The average molecular weight is 840 g/mol. The topological polar surface area (TPSA) is 0 Å². The molecule has 1 fully saturated rings. The fourth-order valence-corrected chi connectivity index (χ4v) is 5.48. The Kier molecular flexibility index (Phi) is 26.1. The van der Waals surface area contributed by atoms with Crippen molar-refractivity contribution in [3.63, 3.8) is 0 Å². The molecule has 0 bridgehead atoms. The first-order valence-electron chi connectivity index (χ1n) is 19.0. The summed E-state index contributed by atoms with van der Waals surface area (Å²) in [5.74, 6) is 0.904. The summed E-state index contributed by atoms with van der Waals surface area (Å²) in [4.78, 5) is 0. The quantitative estimate of drug-likeness (QED) is 0.134. The summed E-state index contributed by atoms with van der Waals surface area (Å²) in [6.07, 6.45) is 3.22. The Morgan fingerprint density at radius 1 is 0.456 bits per heavy atom. The van der Waals surface area contributed by atoms with E-state index in [0.29, 0.717) is 5.56 Å². The first kappa shape index (κ1) is 50.9. The van der Waals surface area contributed by atoms with Crippen LogP contribution in [-0.4, -0.2) is 0 Å². The predicted molar refractivity (Wildman–Crippen MR) is 239 cm³/mol. The maximum absolute atomic E-state index is 12.3.